The molecule has 0 spiro atoms. The highest BCUT2D eigenvalue weighted by Crippen LogP contribution is 2.42. The summed E-state index contributed by atoms with van der Waals surface area (Å²) in [5.41, 5.74) is 0.593. The minimum atomic E-state index is -0.956. The maximum atomic E-state index is 11.1. The van der Waals surface area contributed by atoms with E-state index in [1.165, 1.54) is 0 Å². The molecule has 1 aromatic rings. The van der Waals surface area contributed by atoms with E-state index in [1.54, 1.807) is 18.2 Å². The molecule has 0 saturated heterocycles. The summed E-state index contributed by atoms with van der Waals surface area (Å²) >= 11 is 3.33. The van der Waals surface area contributed by atoms with Crippen molar-refractivity contribution in [3.63, 3.8) is 0 Å². The van der Waals surface area contributed by atoms with Crippen molar-refractivity contribution in [3.8, 4) is 0 Å². The van der Waals surface area contributed by atoms with Gasteiger partial charge < -0.3 is 15.5 Å². The first-order valence-electron chi connectivity index (χ1n) is 5.80. The lowest BCUT2D eigenvalue weighted by Crippen LogP contribution is -2.57. The molecule has 98 valence electrons. The van der Waals surface area contributed by atoms with Gasteiger partial charge in [-0.2, -0.15) is 0 Å². The number of benzene rings is 1. The average Bonchev–Trinajstić information content (AvgIpc) is 2.28. The quantitative estimate of drug-likeness (QED) is 0.802. The minimum Gasteiger partial charge on any atom is -0.478 e. The van der Waals surface area contributed by atoms with Crippen molar-refractivity contribution in [2.45, 2.75) is 32.4 Å². The molecule has 2 unspecified atom stereocenters. The molecule has 0 bridgehead atoms. The molecule has 0 aliphatic heterocycles. The molecule has 3 N–H and O–H groups in total. The van der Waals surface area contributed by atoms with Crippen molar-refractivity contribution in [3.05, 3.63) is 28.2 Å². The van der Waals surface area contributed by atoms with Gasteiger partial charge in [0.25, 0.3) is 0 Å². The van der Waals surface area contributed by atoms with Crippen LogP contribution in [-0.4, -0.2) is 28.3 Å². The number of nitrogens with one attached hydrogen (secondary N) is 1. The molecule has 0 amide bonds. The Bertz CT molecular complexity index is 487. The van der Waals surface area contributed by atoms with Gasteiger partial charge in [0, 0.05) is 15.9 Å². The summed E-state index contributed by atoms with van der Waals surface area (Å²) in [5, 5.41) is 22.0. The number of anilines is 1. The number of carboxylic acids is 1. The van der Waals surface area contributed by atoms with Crippen molar-refractivity contribution >= 4 is 27.6 Å². The number of rotatable bonds is 3. The Kier molecular flexibility index (Phi) is 3.38. The van der Waals surface area contributed by atoms with E-state index in [0.29, 0.717) is 12.1 Å². The van der Waals surface area contributed by atoms with Gasteiger partial charge in [0.05, 0.1) is 17.4 Å². The highest BCUT2D eigenvalue weighted by Gasteiger charge is 2.47. The van der Waals surface area contributed by atoms with Crippen LogP contribution in [0.4, 0.5) is 5.69 Å². The summed E-state index contributed by atoms with van der Waals surface area (Å²) in [6.07, 6.45) is 0.300. The van der Waals surface area contributed by atoms with Gasteiger partial charge in [-0.05, 0) is 24.6 Å². The summed E-state index contributed by atoms with van der Waals surface area (Å²) < 4.78 is 0.827. The van der Waals surface area contributed by atoms with E-state index in [4.69, 9.17) is 5.11 Å². The van der Waals surface area contributed by atoms with Gasteiger partial charge in [0.2, 0.25) is 0 Å². The Labute approximate surface area is 114 Å². The molecule has 1 saturated carbocycles. The predicted octanol–water partition coefficient (Wildman–Crippen LogP) is 2.72. The van der Waals surface area contributed by atoms with Gasteiger partial charge in [-0.1, -0.05) is 29.8 Å². The van der Waals surface area contributed by atoms with Crippen molar-refractivity contribution in [1.29, 1.82) is 0 Å². The van der Waals surface area contributed by atoms with E-state index in [-0.39, 0.29) is 23.1 Å². The molecular formula is C13H16BrNO3. The SMILES string of the molecule is CC1(C)C(O)CC1Nc1cc(Br)ccc1C(=O)O. The highest BCUT2D eigenvalue weighted by molar-refractivity contribution is 9.10. The standard InChI is InChI=1S/C13H16BrNO3/c1-13(2)10(6-11(13)16)15-9-5-7(14)3-4-8(9)12(17)18/h3-5,10-11,15-16H,6H2,1-2H3,(H,17,18). The number of aliphatic hydroxyl groups is 1. The van der Waals surface area contributed by atoms with Crippen molar-refractivity contribution in [1.82, 2.24) is 0 Å². The number of aromatic carboxylic acids is 1. The first kappa shape index (κ1) is 13.4. The molecule has 0 heterocycles. The maximum Gasteiger partial charge on any atom is 0.337 e. The third-order valence-electron chi connectivity index (χ3n) is 3.76. The number of carbonyl (C=O) groups is 1. The van der Waals surface area contributed by atoms with Crippen LogP contribution in [0.3, 0.4) is 0 Å². The smallest absolute Gasteiger partial charge is 0.337 e. The Morgan fingerprint density at radius 2 is 2.17 bits per heavy atom. The molecule has 18 heavy (non-hydrogen) atoms. The van der Waals surface area contributed by atoms with Crippen LogP contribution in [0.5, 0.6) is 0 Å². The molecule has 0 aromatic heterocycles. The summed E-state index contributed by atoms with van der Waals surface area (Å²) in [6, 6.07) is 5.11. The fraction of sp³-hybridized carbons (Fsp3) is 0.462. The Balaban J connectivity index is 2.24. The zero-order chi connectivity index (χ0) is 13.5. The van der Waals surface area contributed by atoms with Crippen LogP contribution < -0.4 is 5.32 Å². The monoisotopic (exact) mass is 313 g/mol. The molecule has 1 aliphatic carbocycles. The fourth-order valence-corrected chi connectivity index (χ4v) is 2.52. The first-order valence-corrected chi connectivity index (χ1v) is 6.59. The number of carboxylic acid groups (broad SMARTS) is 1. The zero-order valence-electron chi connectivity index (χ0n) is 10.3. The Morgan fingerprint density at radius 3 is 2.67 bits per heavy atom. The highest BCUT2D eigenvalue weighted by atomic mass is 79.9. The summed E-state index contributed by atoms with van der Waals surface area (Å²) in [6.45, 7) is 3.94. The predicted molar refractivity (Wildman–Crippen MR) is 72.9 cm³/mol. The van der Waals surface area contributed by atoms with Crippen LogP contribution >= 0.6 is 15.9 Å². The van der Waals surface area contributed by atoms with Crippen LogP contribution in [0.2, 0.25) is 0 Å². The summed E-state index contributed by atoms with van der Waals surface area (Å²) in [5.74, 6) is -0.956. The molecule has 0 radical (unpaired) electrons. The van der Waals surface area contributed by atoms with Crippen molar-refractivity contribution in [2.24, 2.45) is 5.41 Å². The maximum absolute atomic E-state index is 11.1. The lowest BCUT2D eigenvalue weighted by Gasteiger charge is -2.50. The number of halogens is 1. The molecule has 1 fully saturated rings. The third-order valence-corrected chi connectivity index (χ3v) is 4.25. The van der Waals surface area contributed by atoms with Crippen LogP contribution in [0.15, 0.2) is 22.7 Å². The largest absolute Gasteiger partial charge is 0.478 e. The van der Waals surface area contributed by atoms with Gasteiger partial charge in [-0.15, -0.1) is 0 Å². The lowest BCUT2D eigenvalue weighted by molar-refractivity contribution is -0.0510. The molecule has 2 rings (SSSR count). The van der Waals surface area contributed by atoms with Crippen LogP contribution in [0.25, 0.3) is 0 Å². The molecule has 2 atom stereocenters. The van der Waals surface area contributed by atoms with E-state index < -0.39 is 5.97 Å². The molecule has 1 aromatic carbocycles. The topological polar surface area (TPSA) is 69.6 Å². The third kappa shape index (κ3) is 2.24. The van der Waals surface area contributed by atoms with Gasteiger partial charge in [-0.3, -0.25) is 0 Å². The lowest BCUT2D eigenvalue weighted by atomic mass is 9.64. The Morgan fingerprint density at radius 1 is 1.50 bits per heavy atom. The van der Waals surface area contributed by atoms with Gasteiger partial charge in [-0.25, -0.2) is 4.79 Å². The van der Waals surface area contributed by atoms with Crippen LogP contribution in [-0.2, 0) is 0 Å². The normalized spacial score (nSPS) is 25.3. The first-order chi connectivity index (χ1) is 8.32. The Hall–Kier alpha value is -1.07. The van der Waals surface area contributed by atoms with E-state index >= 15 is 0 Å². The summed E-state index contributed by atoms with van der Waals surface area (Å²) in [4.78, 5) is 11.1. The summed E-state index contributed by atoms with van der Waals surface area (Å²) in [7, 11) is 0. The number of hydrogen-bond acceptors (Lipinski definition) is 3. The van der Waals surface area contributed by atoms with Gasteiger partial charge in [0.15, 0.2) is 0 Å². The second-order valence-electron chi connectivity index (χ2n) is 5.26. The van der Waals surface area contributed by atoms with Gasteiger partial charge >= 0.3 is 5.97 Å². The van der Waals surface area contributed by atoms with Crippen molar-refractivity contribution < 1.29 is 15.0 Å². The molecular weight excluding hydrogens is 298 g/mol. The minimum absolute atomic E-state index is 0.0832. The average molecular weight is 314 g/mol. The second kappa shape index (κ2) is 4.55. The molecule has 5 heteroatoms. The van der Waals surface area contributed by atoms with Crippen LogP contribution in [0, 0.1) is 5.41 Å². The second-order valence-corrected chi connectivity index (χ2v) is 6.18. The van der Waals surface area contributed by atoms with Gasteiger partial charge in [0.1, 0.15) is 0 Å². The molecule has 1 aliphatic rings. The van der Waals surface area contributed by atoms with E-state index in [2.05, 4.69) is 21.2 Å². The van der Waals surface area contributed by atoms with E-state index in [1.807, 2.05) is 13.8 Å². The van der Waals surface area contributed by atoms with E-state index in [0.717, 1.165) is 4.47 Å². The zero-order valence-corrected chi connectivity index (χ0v) is 11.9. The molecule has 4 nitrogen and oxygen atoms in total. The number of hydrogen-bond donors (Lipinski definition) is 3. The van der Waals surface area contributed by atoms with Crippen molar-refractivity contribution in [2.75, 3.05) is 5.32 Å². The van der Waals surface area contributed by atoms with E-state index in [9.17, 15) is 9.90 Å². The number of aliphatic hydroxyl groups excluding tert-OH is 1. The van der Waals surface area contributed by atoms with Crippen LogP contribution in [0.1, 0.15) is 30.6 Å². The fourth-order valence-electron chi connectivity index (χ4n) is 2.16.